The van der Waals surface area contributed by atoms with Gasteiger partial charge in [-0.15, -0.1) is 0 Å². The molecule has 0 aromatic carbocycles. The molecule has 20 heavy (non-hydrogen) atoms. The highest BCUT2D eigenvalue weighted by Crippen LogP contribution is 2.29. The van der Waals surface area contributed by atoms with Gasteiger partial charge in [-0.05, 0) is 51.0 Å². The quantitative estimate of drug-likeness (QED) is 0.888. The third-order valence-corrected chi connectivity index (χ3v) is 4.18. The van der Waals surface area contributed by atoms with Gasteiger partial charge in [0.25, 0.3) is 0 Å². The van der Waals surface area contributed by atoms with Crippen molar-refractivity contribution in [3.05, 3.63) is 23.9 Å². The largest absolute Gasteiger partial charge is 0.475 e. The Morgan fingerprint density at radius 1 is 1.35 bits per heavy atom. The molecule has 1 aromatic rings. The fraction of sp³-hybridized carbons (Fsp3) is 0.706. The summed E-state index contributed by atoms with van der Waals surface area (Å²) in [5.74, 6) is 2.40. The normalized spacial score (nSPS) is 26.8. The van der Waals surface area contributed by atoms with Crippen molar-refractivity contribution < 1.29 is 4.74 Å². The summed E-state index contributed by atoms with van der Waals surface area (Å²) in [6.07, 6.45) is 5.91. The van der Waals surface area contributed by atoms with Crippen LogP contribution >= 0.6 is 0 Å². The second-order valence-electron chi connectivity index (χ2n) is 6.52. The molecule has 0 radical (unpaired) electrons. The van der Waals surface area contributed by atoms with Gasteiger partial charge in [0.15, 0.2) is 0 Å². The molecule has 0 aliphatic heterocycles. The van der Waals surface area contributed by atoms with Crippen LogP contribution in [-0.2, 0) is 6.54 Å². The molecule has 3 heteroatoms. The molecule has 1 aliphatic rings. The van der Waals surface area contributed by atoms with E-state index in [1.165, 1.54) is 19.3 Å². The minimum Gasteiger partial charge on any atom is -0.475 e. The van der Waals surface area contributed by atoms with E-state index < -0.39 is 0 Å². The summed E-state index contributed by atoms with van der Waals surface area (Å²) in [6, 6.07) is 4.71. The molecular formula is C17H28N2O. The first-order chi connectivity index (χ1) is 9.56. The van der Waals surface area contributed by atoms with Crippen LogP contribution in [-0.4, -0.2) is 17.1 Å². The maximum atomic E-state index is 5.78. The van der Waals surface area contributed by atoms with Gasteiger partial charge in [0, 0.05) is 24.3 Å². The highest BCUT2D eigenvalue weighted by atomic mass is 16.5. The average molecular weight is 276 g/mol. The molecule has 2 rings (SSSR count). The first-order valence-corrected chi connectivity index (χ1v) is 7.90. The number of pyridine rings is 1. The van der Waals surface area contributed by atoms with E-state index in [2.05, 4.69) is 30.2 Å². The SMILES string of the molecule is CC1CCC(NCc2cccnc2OC(C)C)C(C)C1. The van der Waals surface area contributed by atoms with Gasteiger partial charge in [0.1, 0.15) is 0 Å². The maximum Gasteiger partial charge on any atom is 0.218 e. The Kier molecular flexibility index (Phi) is 5.41. The molecule has 112 valence electrons. The van der Waals surface area contributed by atoms with Gasteiger partial charge in [-0.25, -0.2) is 4.98 Å². The van der Waals surface area contributed by atoms with E-state index in [9.17, 15) is 0 Å². The number of ether oxygens (including phenoxy) is 1. The van der Waals surface area contributed by atoms with Crippen LogP contribution < -0.4 is 10.1 Å². The summed E-state index contributed by atoms with van der Waals surface area (Å²) >= 11 is 0. The zero-order valence-electron chi connectivity index (χ0n) is 13.2. The molecule has 1 saturated carbocycles. The van der Waals surface area contributed by atoms with E-state index in [0.29, 0.717) is 6.04 Å². The first kappa shape index (κ1) is 15.3. The van der Waals surface area contributed by atoms with Crippen LogP contribution in [0.15, 0.2) is 18.3 Å². The van der Waals surface area contributed by atoms with Gasteiger partial charge in [-0.3, -0.25) is 0 Å². The molecule has 0 saturated heterocycles. The molecule has 1 aliphatic carbocycles. The number of hydrogen-bond acceptors (Lipinski definition) is 3. The topological polar surface area (TPSA) is 34.2 Å². The first-order valence-electron chi connectivity index (χ1n) is 7.90. The van der Waals surface area contributed by atoms with Gasteiger partial charge in [-0.1, -0.05) is 19.9 Å². The minimum absolute atomic E-state index is 0.165. The Morgan fingerprint density at radius 2 is 2.15 bits per heavy atom. The molecule has 0 amide bonds. The molecule has 1 fully saturated rings. The van der Waals surface area contributed by atoms with Gasteiger partial charge in [-0.2, -0.15) is 0 Å². The second kappa shape index (κ2) is 7.07. The van der Waals surface area contributed by atoms with Crippen LogP contribution in [0, 0.1) is 11.8 Å². The molecule has 1 aromatic heterocycles. The zero-order valence-corrected chi connectivity index (χ0v) is 13.2. The van der Waals surface area contributed by atoms with Gasteiger partial charge in [0.05, 0.1) is 6.10 Å². The molecule has 0 bridgehead atoms. The number of nitrogens with zero attached hydrogens (tertiary/aromatic N) is 1. The Bertz CT molecular complexity index is 419. The van der Waals surface area contributed by atoms with Gasteiger partial charge >= 0.3 is 0 Å². The maximum absolute atomic E-state index is 5.78. The summed E-state index contributed by atoms with van der Waals surface area (Å²) in [4.78, 5) is 4.35. The van der Waals surface area contributed by atoms with Crippen molar-refractivity contribution in [3.63, 3.8) is 0 Å². The standard InChI is InChI=1S/C17H28N2O/c1-12(2)20-17-15(6-5-9-18-17)11-19-16-8-7-13(3)10-14(16)4/h5-6,9,12-14,16,19H,7-8,10-11H2,1-4H3. The summed E-state index contributed by atoms with van der Waals surface area (Å²) in [6.45, 7) is 9.65. The van der Waals surface area contributed by atoms with Gasteiger partial charge < -0.3 is 10.1 Å². The van der Waals surface area contributed by atoms with Crippen LogP contribution in [0.1, 0.15) is 52.5 Å². The Hall–Kier alpha value is -1.09. The van der Waals surface area contributed by atoms with E-state index in [4.69, 9.17) is 4.74 Å². The average Bonchev–Trinajstić information content (AvgIpc) is 2.39. The molecular weight excluding hydrogens is 248 g/mol. The monoisotopic (exact) mass is 276 g/mol. The predicted octanol–water partition coefficient (Wildman–Crippen LogP) is 3.78. The van der Waals surface area contributed by atoms with Crippen LogP contribution in [0.25, 0.3) is 0 Å². The highest BCUT2D eigenvalue weighted by molar-refractivity contribution is 5.25. The fourth-order valence-electron chi connectivity index (χ4n) is 3.10. The van der Waals surface area contributed by atoms with E-state index >= 15 is 0 Å². The molecule has 1 heterocycles. The lowest BCUT2D eigenvalue weighted by Crippen LogP contribution is -2.38. The van der Waals surface area contributed by atoms with Crippen molar-refractivity contribution in [2.45, 2.75) is 65.6 Å². The predicted molar refractivity (Wildman–Crippen MR) is 82.8 cm³/mol. The van der Waals surface area contributed by atoms with E-state index in [0.717, 1.165) is 29.8 Å². The highest BCUT2D eigenvalue weighted by Gasteiger charge is 2.25. The molecule has 3 unspecified atom stereocenters. The summed E-state index contributed by atoms with van der Waals surface area (Å²) in [5.41, 5.74) is 1.16. The Morgan fingerprint density at radius 3 is 2.85 bits per heavy atom. The van der Waals surface area contributed by atoms with E-state index in [1.54, 1.807) is 6.20 Å². The smallest absolute Gasteiger partial charge is 0.218 e. The number of rotatable bonds is 5. The molecule has 3 nitrogen and oxygen atoms in total. The van der Waals surface area contributed by atoms with Crippen LogP contribution in [0.5, 0.6) is 5.88 Å². The number of aromatic nitrogens is 1. The lowest BCUT2D eigenvalue weighted by Gasteiger charge is -2.33. The van der Waals surface area contributed by atoms with Crippen molar-refractivity contribution in [2.75, 3.05) is 0 Å². The van der Waals surface area contributed by atoms with Crippen molar-refractivity contribution in [3.8, 4) is 5.88 Å². The molecule has 0 spiro atoms. The zero-order chi connectivity index (χ0) is 14.5. The minimum atomic E-state index is 0.165. The third kappa shape index (κ3) is 4.20. The summed E-state index contributed by atoms with van der Waals surface area (Å²) < 4.78 is 5.78. The second-order valence-corrected chi connectivity index (χ2v) is 6.52. The van der Waals surface area contributed by atoms with Crippen LogP contribution in [0.3, 0.4) is 0 Å². The fourth-order valence-corrected chi connectivity index (χ4v) is 3.10. The van der Waals surface area contributed by atoms with Gasteiger partial charge in [0.2, 0.25) is 5.88 Å². The lowest BCUT2D eigenvalue weighted by molar-refractivity contribution is 0.218. The number of hydrogen-bond donors (Lipinski definition) is 1. The Labute approximate surface area is 123 Å². The third-order valence-electron chi connectivity index (χ3n) is 4.18. The van der Waals surface area contributed by atoms with E-state index in [-0.39, 0.29) is 6.10 Å². The summed E-state index contributed by atoms with van der Waals surface area (Å²) in [5, 5.41) is 3.70. The van der Waals surface area contributed by atoms with Crippen LogP contribution in [0.4, 0.5) is 0 Å². The number of nitrogens with one attached hydrogen (secondary N) is 1. The molecule has 1 N–H and O–H groups in total. The Balaban J connectivity index is 1.93. The lowest BCUT2D eigenvalue weighted by atomic mass is 9.80. The molecule has 3 atom stereocenters. The van der Waals surface area contributed by atoms with Crippen molar-refractivity contribution in [2.24, 2.45) is 11.8 Å². The van der Waals surface area contributed by atoms with E-state index in [1.807, 2.05) is 19.9 Å². The van der Waals surface area contributed by atoms with Crippen molar-refractivity contribution >= 4 is 0 Å². The van der Waals surface area contributed by atoms with Crippen molar-refractivity contribution in [1.82, 2.24) is 10.3 Å². The van der Waals surface area contributed by atoms with Crippen molar-refractivity contribution in [1.29, 1.82) is 0 Å². The summed E-state index contributed by atoms with van der Waals surface area (Å²) in [7, 11) is 0. The van der Waals surface area contributed by atoms with Crippen LogP contribution in [0.2, 0.25) is 0 Å².